The van der Waals surface area contributed by atoms with E-state index in [-0.39, 0.29) is 0 Å². The lowest BCUT2D eigenvalue weighted by atomic mass is 10.00. The second kappa shape index (κ2) is 6.50. The zero-order chi connectivity index (χ0) is 13.0. The first-order valence-electron chi connectivity index (χ1n) is 6.25. The molecule has 1 aromatic heterocycles. The molecule has 96 valence electrons. The van der Waals surface area contributed by atoms with Gasteiger partial charge in [-0.25, -0.2) is 0 Å². The van der Waals surface area contributed by atoms with Gasteiger partial charge in [-0.05, 0) is 58.4 Å². The van der Waals surface area contributed by atoms with E-state index in [2.05, 4.69) is 70.8 Å². The Kier molecular flexibility index (Phi) is 4.98. The minimum Gasteiger partial charge on any atom is -0.306 e. The van der Waals surface area contributed by atoms with Crippen LogP contribution in [0.5, 0.6) is 0 Å². The fourth-order valence-electron chi connectivity index (χ4n) is 2.05. The van der Waals surface area contributed by atoms with Crippen LogP contribution in [0.1, 0.15) is 35.4 Å². The van der Waals surface area contributed by atoms with Gasteiger partial charge in [0.25, 0.3) is 0 Å². The lowest BCUT2D eigenvalue weighted by Gasteiger charge is -2.20. The van der Waals surface area contributed by atoms with Crippen LogP contribution >= 0.6 is 27.3 Å². The molecule has 18 heavy (non-hydrogen) atoms. The van der Waals surface area contributed by atoms with Crippen LogP contribution in [0.25, 0.3) is 0 Å². The van der Waals surface area contributed by atoms with E-state index in [1.807, 2.05) is 0 Å². The van der Waals surface area contributed by atoms with Crippen molar-refractivity contribution in [1.82, 2.24) is 5.32 Å². The van der Waals surface area contributed by atoms with Gasteiger partial charge in [0.15, 0.2) is 0 Å². The molecule has 2 rings (SSSR count). The Bertz CT molecular complexity index is 507. The Balaban J connectivity index is 2.37. The topological polar surface area (TPSA) is 12.0 Å². The first kappa shape index (κ1) is 13.8. The molecule has 3 heteroatoms. The summed E-state index contributed by atoms with van der Waals surface area (Å²) in [6.07, 6.45) is 1.14. The number of halogens is 1. The highest BCUT2D eigenvalue weighted by atomic mass is 79.9. The molecule has 0 fully saturated rings. The van der Waals surface area contributed by atoms with Gasteiger partial charge in [0.1, 0.15) is 0 Å². The fourth-order valence-corrected chi connectivity index (χ4v) is 3.75. The molecule has 1 unspecified atom stereocenters. The Morgan fingerprint density at radius 1 is 1.28 bits per heavy atom. The second-order valence-corrected chi connectivity index (χ2v) is 6.18. The van der Waals surface area contributed by atoms with Crippen LogP contribution in [0.3, 0.4) is 0 Å². The maximum atomic E-state index is 3.65. The molecular weight excluding hydrogens is 306 g/mol. The zero-order valence-corrected chi connectivity index (χ0v) is 13.1. The lowest BCUT2D eigenvalue weighted by molar-refractivity contribution is 0.602. The van der Waals surface area contributed by atoms with Gasteiger partial charge in [-0.2, -0.15) is 0 Å². The van der Waals surface area contributed by atoms with Crippen molar-refractivity contribution in [1.29, 1.82) is 0 Å². The first-order chi connectivity index (χ1) is 8.74. The predicted molar refractivity (Wildman–Crippen MR) is 83.3 cm³/mol. The molecule has 0 bridgehead atoms. The van der Waals surface area contributed by atoms with E-state index in [1.54, 1.807) is 11.3 Å². The molecule has 0 saturated carbocycles. The molecule has 0 spiro atoms. The van der Waals surface area contributed by atoms with Crippen molar-refractivity contribution in [2.45, 2.75) is 26.3 Å². The number of nitrogens with one attached hydrogen (secondary N) is 1. The maximum Gasteiger partial charge on any atom is 0.0685 e. The van der Waals surface area contributed by atoms with E-state index in [0.29, 0.717) is 6.04 Å². The van der Waals surface area contributed by atoms with Crippen LogP contribution < -0.4 is 5.32 Å². The molecule has 0 aliphatic heterocycles. The average molecular weight is 324 g/mol. The van der Waals surface area contributed by atoms with Crippen molar-refractivity contribution >= 4 is 27.3 Å². The summed E-state index contributed by atoms with van der Waals surface area (Å²) in [4.78, 5) is 1.36. The molecule has 1 aromatic carbocycles. The van der Waals surface area contributed by atoms with Crippen molar-refractivity contribution < 1.29 is 0 Å². The third kappa shape index (κ3) is 3.02. The molecule has 1 heterocycles. The zero-order valence-electron chi connectivity index (χ0n) is 10.7. The van der Waals surface area contributed by atoms with Crippen molar-refractivity contribution in [3.05, 3.63) is 56.2 Å². The van der Waals surface area contributed by atoms with E-state index < -0.39 is 0 Å². The smallest absolute Gasteiger partial charge is 0.0685 e. The molecule has 0 aliphatic rings. The molecular formula is C15H18BrNS. The molecule has 0 aliphatic carbocycles. The van der Waals surface area contributed by atoms with Crippen LogP contribution in [0.4, 0.5) is 0 Å². The summed E-state index contributed by atoms with van der Waals surface area (Å²) in [7, 11) is 0. The molecule has 0 saturated heterocycles. The monoisotopic (exact) mass is 323 g/mol. The summed E-state index contributed by atoms with van der Waals surface area (Å²) in [6, 6.07) is 11.0. The van der Waals surface area contributed by atoms with Crippen LogP contribution in [0.2, 0.25) is 0 Å². The third-order valence-corrected chi connectivity index (χ3v) is 4.94. The largest absolute Gasteiger partial charge is 0.306 e. The second-order valence-electron chi connectivity index (χ2n) is 4.38. The van der Waals surface area contributed by atoms with Gasteiger partial charge in [-0.1, -0.05) is 31.2 Å². The molecule has 1 N–H and O–H groups in total. The Hall–Kier alpha value is -0.640. The Morgan fingerprint density at radius 2 is 2.06 bits per heavy atom. The summed E-state index contributed by atoms with van der Waals surface area (Å²) in [5.74, 6) is 0. The van der Waals surface area contributed by atoms with Crippen molar-refractivity contribution in [2.24, 2.45) is 0 Å². The number of thiophene rings is 1. The van der Waals surface area contributed by atoms with Crippen LogP contribution in [0.15, 0.2) is 40.2 Å². The van der Waals surface area contributed by atoms with Crippen molar-refractivity contribution in [3.63, 3.8) is 0 Å². The van der Waals surface area contributed by atoms with E-state index in [0.717, 1.165) is 13.0 Å². The van der Waals surface area contributed by atoms with Gasteiger partial charge in [-0.3, -0.25) is 0 Å². The summed E-state index contributed by atoms with van der Waals surface area (Å²) in [5, 5.41) is 5.79. The number of hydrogen-bond acceptors (Lipinski definition) is 2. The lowest BCUT2D eigenvalue weighted by Crippen LogP contribution is -2.23. The van der Waals surface area contributed by atoms with Crippen molar-refractivity contribution in [2.75, 3.05) is 6.54 Å². The molecule has 1 atom stereocenters. The van der Waals surface area contributed by atoms with E-state index in [9.17, 15) is 0 Å². The van der Waals surface area contributed by atoms with Gasteiger partial charge in [0.05, 0.1) is 6.04 Å². The molecule has 2 aromatic rings. The average Bonchev–Trinajstić information content (AvgIpc) is 2.78. The number of benzene rings is 1. The highest BCUT2D eigenvalue weighted by molar-refractivity contribution is 9.10. The predicted octanol–water partition coefficient (Wildman–Crippen LogP) is 4.91. The summed E-state index contributed by atoms with van der Waals surface area (Å²) < 4.78 is 1.20. The van der Waals surface area contributed by atoms with Crippen molar-refractivity contribution in [3.8, 4) is 0 Å². The summed E-state index contributed by atoms with van der Waals surface area (Å²) in [5.41, 5.74) is 2.71. The standard InChI is InChI=1S/C15H18BrNS/c1-3-9-17-14(15-13(16)8-10-18-15)12-7-5-4-6-11(12)2/h4-8,10,14,17H,3,9H2,1-2H3. The maximum absolute atomic E-state index is 3.65. The number of hydrogen-bond donors (Lipinski definition) is 1. The Morgan fingerprint density at radius 3 is 2.67 bits per heavy atom. The SMILES string of the molecule is CCCNC(c1ccccc1C)c1sccc1Br. The molecule has 0 amide bonds. The van der Waals surface area contributed by atoms with Gasteiger partial charge in [0.2, 0.25) is 0 Å². The number of aryl methyl sites for hydroxylation is 1. The fraction of sp³-hybridized carbons (Fsp3) is 0.333. The van der Waals surface area contributed by atoms with Gasteiger partial charge >= 0.3 is 0 Å². The van der Waals surface area contributed by atoms with E-state index >= 15 is 0 Å². The van der Waals surface area contributed by atoms with Crippen LogP contribution in [0, 0.1) is 6.92 Å². The third-order valence-electron chi connectivity index (χ3n) is 3.00. The van der Waals surface area contributed by atoms with Gasteiger partial charge in [0, 0.05) is 9.35 Å². The molecule has 1 nitrogen and oxygen atoms in total. The quantitative estimate of drug-likeness (QED) is 0.824. The minimum atomic E-state index is 0.292. The van der Waals surface area contributed by atoms with Crippen LogP contribution in [-0.4, -0.2) is 6.54 Å². The normalized spacial score (nSPS) is 12.6. The van der Waals surface area contributed by atoms with Gasteiger partial charge < -0.3 is 5.32 Å². The molecule has 0 radical (unpaired) electrons. The Labute approximate surface area is 121 Å². The minimum absolute atomic E-state index is 0.292. The summed E-state index contributed by atoms with van der Waals surface area (Å²) >= 11 is 5.45. The highest BCUT2D eigenvalue weighted by Crippen LogP contribution is 2.34. The van der Waals surface area contributed by atoms with Crippen LogP contribution in [-0.2, 0) is 0 Å². The van der Waals surface area contributed by atoms with Gasteiger partial charge in [-0.15, -0.1) is 11.3 Å². The number of rotatable bonds is 5. The van der Waals surface area contributed by atoms with E-state index in [4.69, 9.17) is 0 Å². The highest BCUT2D eigenvalue weighted by Gasteiger charge is 2.18. The first-order valence-corrected chi connectivity index (χ1v) is 7.93. The summed E-state index contributed by atoms with van der Waals surface area (Å²) in [6.45, 7) is 5.41. The van der Waals surface area contributed by atoms with E-state index in [1.165, 1.54) is 20.5 Å².